The van der Waals surface area contributed by atoms with E-state index >= 15 is 0 Å². The van der Waals surface area contributed by atoms with Crippen LogP contribution in [0.5, 0.6) is 5.75 Å². The molecule has 0 bridgehead atoms. The molecular formula is C14H19N3O2. The molecule has 2 rings (SSSR count). The van der Waals surface area contributed by atoms with Crippen LogP contribution in [-0.4, -0.2) is 27.2 Å². The fourth-order valence-corrected chi connectivity index (χ4v) is 2.07. The third kappa shape index (κ3) is 2.61. The van der Waals surface area contributed by atoms with E-state index in [0.29, 0.717) is 5.69 Å². The Morgan fingerprint density at radius 1 is 1.21 bits per heavy atom. The lowest BCUT2D eigenvalue weighted by molar-refractivity contribution is 0.273. The van der Waals surface area contributed by atoms with Gasteiger partial charge in [0.25, 0.3) is 0 Å². The van der Waals surface area contributed by atoms with Crippen molar-refractivity contribution in [3.05, 3.63) is 35.7 Å². The predicted molar refractivity (Wildman–Crippen MR) is 72.5 cm³/mol. The van der Waals surface area contributed by atoms with Gasteiger partial charge in [-0.15, -0.1) is 5.10 Å². The molecule has 1 aromatic carbocycles. The molecule has 0 radical (unpaired) electrons. The second-order valence-corrected chi connectivity index (χ2v) is 5.40. The molecule has 1 N–H and O–H groups in total. The van der Waals surface area contributed by atoms with E-state index in [9.17, 15) is 5.11 Å². The standard InChI is InChI=1S/C14H19N3O2/c1-14(2,3)13-12(9-18)15-16-17(13)10-5-7-11(19-4)8-6-10/h5-8,18H,9H2,1-4H3. The van der Waals surface area contributed by atoms with E-state index in [4.69, 9.17) is 4.74 Å². The molecule has 1 heterocycles. The van der Waals surface area contributed by atoms with Crippen molar-refractivity contribution in [3.63, 3.8) is 0 Å². The largest absolute Gasteiger partial charge is 0.497 e. The minimum Gasteiger partial charge on any atom is -0.497 e. The summed E-state index contributed by atoms with van der Waals surface area (Å²) in [6.07, 6.45) is 0. The van der Waals surface area contributed by atoms with Crippen molar-refractivity contribution in [2.24, 2.45) is 0 Å². The lowest BCUT2D eigenvalue weighted by Gasteiger charge is -2.21. The Balaban J connectivity index is 2.52. The zero-order chi connectivity index (χ0) is 14.0. The van der Waals surface area contributed by atoms with Crippen molar-refractivity contribution < 1.29 is 9.84 Å². The second kappa shape index (κ2) is 5.01. The molecule has 0 unspecified atom stereocenters. The van der Waals surface area contributed by atoms with Gasteiger partial charge in [-0.2, -0.15) is 0 Å². The number of ether oxygens (including phenoxy) is 1. The van der Waals surface area contributed by atoms with E-state index in [0.717, 1.165) is 17.1 Å². The minimum absolute atomic E-state index is 0.108. The highest BCUT2D eigenvalue weighted by Gasteiger charge is 2.25. The third-order valence-electron chi connectivity index (χ3n) is 2.92. The van der Waals surface area contributed by atoms with E-state index in [1.54, 1.807) is 11.8 Å². The average Bonchev–Trinajstić information content (AvgIpc) is 2.82. The number of hydrogen-bond acceptors (Lipinski definition) is 4. The van der Waals surface area contributed by atoms with Gasteiger partial charge in [0.15, 0.2) is 0 Å². The van der Waals surface area contributed by atoms with Gasteiger partial charge in [0.2, 0.25) is 0 Å². The summed E-state index contributed by atoms with van der Waals surface area (Å²) >= 11 is 0. The highest BCUT2D eigenvalue weighted by Crippen LogP contribution is 2.27. The van der Waals surface area contributed by atoms with Crippen molar-refractivity contribution >= 4 is 0 Å². The molecule has 5 nitrogen and oxygen atoms in total. The Hall–Kier alpha value is -1.88. The van der Waals surface area contributed by atoms with Crippen LogP contribution in [0.1, 0.15) is 32.2 Å². The van der Waals surface area contributed by atoms with Crippen LogP contribution in [0, 0.1) is 0 Å². The van der Waals surface area contributed by atoms with Gasteiger partial charge in [0, 0.05) is 5.41 Å². The summed E-state index contributed by atoms with van der Waals surface area (Å²) in [5, 5.41) is 17.6. The Labute approximate surface area is 112 Å². The third-order valence-corrected chi connectivity index (χ3v) is 2.92. The van der Waals surface area contributed by atoms with Gasteiger partial charge in [0.05, 0.1) is 25.1 Å². The summed E-state index contributed by atoms with van der Waals surface area (Å²) in [5.74, 6) is 0.795. The van der Waals surface area contributed by atoms with Crippen LogP contribution in [0.4, 0.5) is 0 Å². The summed E-state index contributed by atoms with van der Waals surface area (Å²) in [4.78, 5) is 0. The summed E-state index contributed by atoms with van der Waals surface area (Å²) in [7, 11) is 1.63. The lowest BCUT2D eigenvalue weighted by atomic mass is 9.90. The fourth-order valence-electron chi connectivity index (χ4n) is 2.07. The topological polar surface area (TPSA) is 60.2 Å². The van der Waals surface area contributed by atoms with Gasteiger partial charge in [-0.25, -0.2) is 4.68 Å². The van der Waals surface area contributed by atoms with Crippen LogP contribution in [-0.2, 0) is 12.0 Å². The van der Waals surface area contributed by atoms with Crippen LogP contribution >= 0.6 is 0 Å². The molecule has 0 saturated carbocycles. The molecule has 5 heteroatoms. The zero-order valence-corrected chi connectivity index (χ0v) is 11.7. The highest BCUT2D eigenvalue weighted by molar-refractivity contribution is 5.39. The Morgan fingerprint density at radius 3 is 2.32 bits per heavy atom. The van der Waals surface area contributed by atoms with Gasteiger partial charge in [-0.05, 0) is 24.3 Å². The van der Waals surface area contributed by atoms with Crippen molar-refractivity contribution in [1.82, 2.24) is 15.0 Å². The Kier molecular flexibility index (Phi) is 3.57. The molecular weight excluding hydrogens is 242 g/mol. The number of benzene rings is 1. The summed E-state index contributed by atoms with van der Waals surface area (Å²) in [6.45, 7) is 6.11. The number of methoxy groups -OCH3 is 1. The number of aliphatic hydroxyl groups excluding tert-OH is 1. The first-order chi connectivity index (χ1) is 8.97. The molecule has 0 spiro atoms. The first kappa shape index (κ1) is 13.5. The van der Waals surface area contributed by atoms with E-state index < -0.39 is 0 Å². The molecule has 0 aliphatic rings. The van der Waals surface area contributed by atoms with Crippen molar-refractivity contribution in [2.75, 3.05) is 7.11 Å². The van der Waals surface area contributed by atoms with Crippen LogP contribution in [0.3, 0.4) is 0 Å². The van der Waals surface area contributed by atoms with Crippen LogP contribution in [0.25, 0.3) is 5.69 Å². The van der Waals surface area contributed by atoms with E-state index in [1.165, 1.54) is 0 Å². The summed E-state index contributed by atoms with van der Waals surface area (Å²) < 4.78 is 6.91. The van der Waals surface area contributed by atoms with Crippen LogP contribution in [0.15, 0.2) is 24.3 Å². The van der Waals surface area contributed by atoms with Crippen LogP contribution < -0.4 is 4.74 Å². The monoisotopic (exact) mass is 261 g/mol. The molecule has 0 saturated heterocycles. The minimum atomic E-state index is -0.151. The number of aromatic nitrogens is 3. The quantitative estimate of drug-likeness (QED) is 0.918. The molecule has 0 atom stereocenters. The first-order valence-corrected chi connectivity index (χ1v) is 6.17. The maximum atomic E-state index is 9.39. The summed E-state index contributed by atoms with van der Waals surface area (Å²) in [5.41, 5.74) is 2.28. The molecule has 0 fully saturated rings. The molecule has 0 aliphatic carbocycles. The molecule has 0 amide bonds. The SMILES string of the molecule is COc1ccc(-n2nnc(CO)c2C(C)(C)C)cc1. The maximum absolute atomic E-state index is 9.39. The number of aliphatic hydroxyl groups is 1. The Morgan fingerprint density at radius 2 is 1.84 bits per heavy atom. The molecule has 2 aromatic rings. The molecule has 102 valence electrons. The Bertz CT molecular complexity index is 553. The van der Waals surface area contributed by atoms with Crippen LogP contribution in [0.2, 0.25) is 0 Å². The highest BCUT2D eigenvalue weighted by atomic mass is 16.5. The van der Waals surface area contributed by atoms with E-state index in [-0.39, 0.29) is 12.0 Å². The molecule has 0 aliphatic heterocycles. The maximum Gasteiger partial charge on any atom is 0.119 e. The van der Waals surface area contributed by atoms with Crippen molar-refractivity contribution in [1.29, 1.82) is 0 Å². The van der Waals surface area contributed by atoms with E-state index in [1.807, 2.05) is 24.3 Å². The van der Waals surface area contributed by atoms with Gasteiger partial charge < -0.3 is 9.84 Å². The summed E-state index contributed by atoms with van der Waals surface area (Å²) in [6, 6.07) is 7.60. The normalized spacial score (nSPS) is 11.6. The second-order valence-electron chi connectivity index (χ2n) is 5.40. The molecule has 19 heavy (non-hydrogen) atoms. The van der Waals surface area contributed by atoms with Gasteiger partial charge in [-0.1, -0.05) is 26.0 Å². The number of nitrogens with zero attached hydrogens (tertiary/aromatic N) is 3. The predicted octanol–water partition coefficient (Wildman–Crippen LogP) is 2.07. The van der Waals surface area contributed by atoms with Crippen molar-refractivity contribution in [2.45, 2.75) is 32.8 Å². The lowest BCUT2D eigenvalue weighted by Crippen LogP contribution is -2.19. The zero-order valence-electron chi connectivity index (χ0n) is 11.7. The first-order valence-electron chi connectivity index (χ1n) is 6.17. The van der Waals surface area contributed by atoms with Gasteiger partial charge in [0.1, 0.15) is 11.4 Å². The van der Waals surface area contributed by atoms with E-state index in [2.05, 4.69) is 31.1 Å². The van der Waals surface area contributed by atoms with Crippen molar-refractivity contribution in [3.8, 4) is 11.4 Å². The average molecular weight is 261 g/mol. The number of rotatable bonds is 3. The number of hydrogen-bond donors (Lipinski definition) is 1. The fraction of sp³-hybridized carbons (Fsp3) is 0.429. The van der Waals surface area contributed by atoms with Gasteiger partial charge >= 0.3 is 0 Å². The van der Waals surface area contributed by atoms with Gasteiger partial charge in [-0.3, -0.25) is 0 Å². The molecule has 1 aromatic heterocycles. The smallest absolute Gasteiger partial charge is 0.119 e.